The molecule has 1 heterocycles. The number of nitrogens with one attached hydrogen (secondary N) is 1. The minimum Gasteiger partial charge on any atom is -0.490 e. The molecule has 128 valence electrons. The van der Waals surface area contributed by atoms with Crippen molar-refractivity contribution < 1.29 is 19.1 Å². The van der Waals surface area contributed by atoms with Crippen LogP contribution in [0.2, 0.25) is 0 Å². The molecule has 1 aliphatic rings. The Morgan fingerprint density at radius 2 is 2.08 bits per heavy atom. The third kappa shape index (κ3) is 4.72. The van der Waals surface area contributed by atoms with Crippen molar-refractivity contribution in [3.05, 3.63) is 28.7 Å². The maximum atomic E-state index is 11.7. The van der Waals surface area contributed by atoms with Gasteiger partial charge >= 0.3 is 0 Å². The van der Waals surface area contributed by atoms with E-state index in [9.17, 15) is 9.59 Å². The molecule has 1 N–H and O–H groups in total. The highest BCUT2D eigenvalue weighted by molar-refractivity contribution is 8.26. The average molecular weight is 366 g/mol. The fraction of sp³-hybridized carbons (Fsp3) is 0.312. The van der Waals surface area contributed by atoms with Crippen LogP contribution in [0.4, 0.5) is 0 Å². The number of rotatable bonds is 6. The van der Waals surface area contributed by atoms with Gasteiger partial charge in [-0.3, -0.25) is 9.59 Å². The van der Waals surface area contributed by atoms with Gasteiger partial charge in [0.15, 0.2) is 18.1 Å². The van der Waals surface area contributed by atoms with Gasteiger partial charge in [0, 0.05) is 14.1 Å². The zero-order valence-corrected chi connectivity index (χ0v) is 15.3. The normalized spacial score (nSPS) is 15.4. The number of hydrogen-bond donors (Lipinski definition) is 1. The van der Waals surface area contributed by atoms with Crippen LogP contribution >= 0.6 is 24.0 Å². The van der Waals surface area contributed by atoms with Gasteiger partial charge in [-0.25, -0.2) is 0 Å². The molecule has 2 amide bonds. The van der Waals surface area contributed by atoms with Crippen molar-refractivity contribution in [1.82, 2.24) is 10.2 Å². The van der Waals surface area contributed by atoms with Crippen molar-refractivity contribution in [2.45, 2.75) is 6.92 Å². The first kappa shape index (κ1) is 18.3. The maximum Gasteiger partial charge on any atom is 0.263 e. The van der Waals surface area contributed by atoms with Crippen molar-refractivity contribution in [1.29, 1.82) is 0 Å². The molecule has 1 saturated heterocycles. The summed E-state index contributed by atoms with van der Waals surface area (Å²) in [6.07, 6.45) is 1.73. The van der Waals surface area contributed by atoms with Crippen molar-refractivity contribution in [2.75, 3.05) is 27.3 Å². The number of benzene rings is 1. The number of thiocarbonyl (C=S) groups is 1. The zero-order chi connectivity index (χ0) is 17.7. The standard InChI is InChI=1S/C16H18N2O4S2/c1-4-21-12-7-10(8-13-15(20)17-16(23)24-13)5-6-11(12)22-9-14(19)18(2)3/h5-8H,4,9H2,1-3H3,(H,17,20,23)/b13-8-. The number of likely N-dealkylation sites (N-methyl/N-ethyl adjacent to an activating group) is 1. The van der Waals surface area contributed by atoms with Gasteiger partial charge in [-0.05, 0) is 30.7 Å². The monoisotopic (exact) mass is 366 g/mol. The van der Waals surface area contributed by atoms with E-state index in [2.05, 4.69) is 5.32 Å². The number of carbonyl (C=O) groups is 2. The largest absolute Gasteiger partial charge is 0.490 e. The second-order valence-electron chi connectivity index (χ2n) is 5.07. The van der Waals surface area contributed by atoms with Crippen molar-refractivity contribution in [3.8, 4) is 11.5 Å². The second-order valence-corrected chi connectivity index (χ2v) is 6.79. The van der Waals surface area contributed by atoms with Gasteiger partial charge in [-0.1, -0.05) is 30.0 Å². The predicted molar refractivity (Wildman–Crippen MR) is 98.1 cm³/mol. The van der Waals surface area contributed by atoms with Gasteiger partial charge < -0.3 is 19.7 Å². The van der Waals surface area contributed by atoms with Crippen LogP contribution in [0.3, 0.4) is 0 Å². The van der Waals surface area contributed by atoms with Crippen LogP contribution < -0.4 is 14.8 Å². The molecule has 1 aliphatic heterocycles. The Hall–Kier alpha value is -2.06. The summed E-state index contributed by atoms with van der Waals surface area (Å²) in [4.78, 5) is 25.3. The molecule has 0 saturated carbocycles. The number of nitrogens with zero attached hydrogens (tertiary/aromatic N) is 1. The Labute approximate surface area is 150 Å². The molecule has 2 rings (SSSR count). The topological polar surface area (TPSA) is 67.9 Å². The summed E-state index contributed by atoms with van der Waals surface area (Å²) in [5.41, 5.74) is 0.784. The van der Waals surface area contributed by atoms with Crippen LogP contribution in [0, 0.1) is 0 Å². The van der Waals surface area contributed by atoms with Crippen LogP contribution in [0.15, 0.2) is 23.1 Å². The minimum absolute atomic E-state index is 0.0694. The molecule has 1 aromatic carbocycles. The Morgan fingerprint density at radius 3 is 2.67 bits per heavy atom. The Kier molecular flexibility index (Phi) is 6.22. The van der Waals surface area contributed by atoms with Gasteiger partial charge in [0.2, 0.25) is 0 Å². The molecule has 0 atom stereocenters. The first-order valence-corrected chi connectivity index (χ1v) is 8.48. The van der Waals surface area contributed by atoms with Crippen LogP contribution in [0.25, 0.3) is 6.08 Å². The number of ether oxygens (including phenoxy) is 2. The van der Waals surface area contributed by atoms with Crippen molar-refractivity contribution >= 4 is 46.2 Å². The van der Waals surface area contributed by atoms with Crippen LogP contribution in [0.1, 0.15) is 12.5 Å². The van der Waals surface area contributed by atoms with E-state index in [0.29, 0.717) is 27.3 Å². The fourth-order valence-corrected chi connectivity index (χ4v) is 2.89. The lowest BCUT2D eigenvalue weighted by molar-refractivity contribution is -0.130. The molecule has 1 aromatic rings. The summed E-state index contributed by atoms with van der Waals surface area (Å²) in [6.45, 7) is 2.25. The number of carbonyl (C=O) groups excluding carboxylic acids is 2. The number of hydrogen-bond acceptors (Lipinski definition) is 6. The molecular weight excluding hydrogens is 348 g/mol. The molecule has 6 nitrogen and oxygen atoms in total. The molecule has 1 fully saturated rings. The molecule has 8 heteroatoms. The lowest BCUT2D eigenvalue weighted by Gasteiger charge is -2.14. The molecule has 0 aliphatic carbocycles. The summed E-state index contributed by atoms with van der Waals surface area (Å²) in [6, 6.07) is 5.28. The molecule has 0 aromatic heterocycles. The zero-order valence-electron chi connectivity index (χ0n) is 13.6. The lowest BCUT2D eigenvalue weighted by Crippen LogP contribution is -2.27. The second kappa shape index (κ2) is 8.16. The summed E-state index contributed by atoms with van der Waals surface area (Å²) in [5.74, 6) is 0.647. The van der Waals surface area contributed by atoms with E-state index in [4.69, 9.17) is 21.7 Å². The van der Waals surface area contributed by atoms with Crippen LogP contribution in [-0.2, 0) is 9.59 Å². The van der Waals surface area contributed by atoms with Crippen molar-refractivity contribution in [3.63, 3.8) is 0 Å². The highest BCUT2D eigenvalue weighted by atomic mass is 32.2. The molecule has 0 spiro atoms. The van der Waals surface area contributed by atoms with E-state index in [1.165, 1.54) is 16.7 Å². The smallest absolute Gasteiger partial charge is 0.263 e. The van der Waals surface area contributed by atoms with Gasteiger partial charge in [-0.2, -0.15) is 0 Å². The Bertz CT molecular complexity index is 701. The quantitative estimate of drug-likeness (QED) is 0.614. The SMILES string of the molecule is CCOc1cc(/C=C2\SC(=S)NC2=O)ccc1OCC(=O)N(C)C. The average Bonchev–Trinajstić information content (AvgIpc) is 2.84. The van der Waals surface area contributed by atoms with Gasteiger partial charge in [0.05, 0.1) is 11.5 Å². The van der Waals surface area contributed by atoms with E-state index in [0.717, 1.165) is 5.56 Å². The van der Waals surface area contributed by atoms with E-state index in [1.807, 2.05) is 6.92 Å². The third-order valence-corrected chi connectivity index (χ3v) is 4.22. The van der Waals surface area contributed by atoms with E-state index in [-0.39, 0.29) is 18.4 Å². The molecule has 0 bridgehead atoms. The van der Waals surface area contributed by atoms with Crippen LogP contribution in [0.5, 0.6) is 11.5 Å². The summed E-state index contributed by atoms with van der Waals surface area (Å²) in [7, 11) is 3.33. The highest BCUT2D eigenvalue weighted by Gasteiger charge is 2.22. The van der Waals surface area contributed by atoms with Crippen molar-refractivity contribution in [2.24, 2.45) is 0 Å². The minimum atomic E-state index is -0.208. The molecule has 0 radical (unpaired) electrons. The van der Waals surface area contributed by atoms with Crippen LogP contribution in [-0.4, -0.2) is 48.3 Å². The van der Waals surface area contributed by atoms with Gasteiger partial charge in [0.1, 0.15) is 4.32 Å². The predicted octanol–water partition coefficient (Wildman–Crippen LogP) is 2.04. The number of amides is 2. The van der Waals surface area contributed by atoms with Gasteiger partial charge in [0.25, 0.3) is 11.8 Å². The number of thioether (sulfide) groups is 1. The maximum absolute atomic E-state index is 11.7. The van der Waals surface area contributed by atoms with Gasteiger partial charge in [-0.15, -0.1) is 0 Å². The summed E-state index contributed by atoms with van der Waals surface area (Å²) in [5, 5.41) is 2.57. The fourth-order valence-electron chi connectivity index (χ4n) is 1.84. The summed E-state index contributed by atoms with van der Waals surface area (Å²) < 4.78 is 11.5. The first-order valence-electron chi connectivity index (χ1n) is 7.25. The summed E-state index contributed by atoms with van der Waals surface area (Å²) >= 11 is 6.19. The lowest BCUT2D eigenvalue weighted by atomic mass is 10.2. The Morgan fingerprint density at radius 1 is 1.33 bits per heavy atom. The Balaban J connectivity index is 2.20. The molecule has 24 heavy (non-hydrogen) atoms. The van der Waals surface area contributed by atoms with E-state index < -0.39 is 0 Å². The molecular formula is C16H18N2O4S2. The first-order chi connectivity index (χ1) is 11.4. The molecule has 0 unspecified atom stereocenters. The van der Waals surface area contributed by atoms with E-state index in [1.54, 1.807) is 38.4 Å². The third-order valence-electron chi connectivity index (χ3n) is 3.06. The highest BCUT2D eigenvalue weighted by Crippen LogP contribution is 2.31. The van der Waals surface area contributed by atoms with E-state index >= 15 is 0 Å².